The van der Waals surface area contributed by atoms with Crippen LogP contribution in [0.1, 0.15) is 24.6 Å². The molecule has 25 heavy (non-hydrogen) atoms. The van der Waals surface area contributed by atoms with Gasteiger partial charge in [-0.1, -0.05) is 29.8 Å². The van der Waals surface area contributed by atoms with E-state index in [1.165, 1.54) is 22.2 Å². The highest BCUT2D eigenvalue weighted by atomic mass is 127. The van der Waals surface area contributed by atoms with Gasteiger partial charge in [-0.05, 0) is 38.1 Å². The van der Waals surface area contributed by atoms with Crippen molar-refractivity contribution in [3.63, 3.8) is 0 Å². The zero-order valence-corrected chi connectivity index (χ0v) is 17.2. The van der Waals surface area contributed by atoms with Gasteiger partial charge in [-0.25, -0.2) is 5.43 Å². The van der Waals surface area contributed by atoms with Gasteiger partial charge in [-0.3, -0.25) is 0 Å². The number of aromatic nitrogens is 1. The lowest BCUT2D eigenvalue weighted by atomic mass is 10.1. The molecular formula is C21H26IN3. The molecule has 1 heterocycles. The number of hydrazine groups is 1. The second-order valence-corrected chi connectivity index (χ2v) is 6.51. The maximum atomic E-state index is 3.39. The third-order valence-electron chi connectivity index (χ3n) is 4.46. The lowest BCUT2D eigenvalue weighted by Gasteiger charge is -2.15. The molecule has 1 unspecified atom stereocenters. The number of rotatable bonds is 6. The Kier molecular flexibility index (Phi) is 7.20. The first-order valence-electron chi connectivity index (χ1n) is 8.60. The molecule has 3 nitrogen and oxygen atoms in total. The first-order valence-corrected chi connectivity index (χ1v) is 8.60. The highest BCUT2D eigenvalue weighted by Gasteiger charge is 2.13. The molecule has 1 atom stereocenters. The first-order chi connectivity index (χ1) is 11.6. The van der Waals surface area contributed by atoms with Crippen LogP contribution in [-0.2, 0) is 6.54 Å². The number of fused-ring (bicyclic) bond motifs is 1. The van der Waals surface area contributed by atoms with Crippen LogP contribution < -0.4 is 39.4 Å². The standard InChI is InChI=1S/C21H26N3.HI/c1-16-8-12-20(13-9-16)23-22-17(2)14-15-24-18(3)10-11-19-6-4-5-7-21(19)24;/h4-13,17,22-23H,14-15H2,1-3H3;1H/q+1;/p-1. The summed E-state index contributed by atoms with van der Waals surface area (Å²) in [5, 5.41) is 1.29. The fraction of sp³-hybridized carbons (Fsp3) is 0.286. The van der Waals surface area contributed by atoms with E-state index in [-0.39, 0.29) is 24.0 Å². The van der Waals surface area contributed by atoms with Crippen molar-refractivity contribution in [3.05, 3.63) is 71.9 Å². The summed E-state index contributed by atoms with van der Waals surface area (Å²) in [6, 6.07) is 21.8. The summed E-state index contributed by atoms with van der Waals surface area (Å²) in [5.74, 6) is 0. The van der Waals surface area contributed by atoms with Gasteiger partial charge in [0.1, 0.15) is 0 Å². The molecule has 4 heteroatoms. The number of halogens is 1. The van der Waals surface area contributed by atoms with Gasteiger partial charge < -0.3 is 29.4 Å². The van der Waals surface area contributed by atoms with E-state index in [1.807, 2.05) is 0 Å². The molecule has 3 rings (SSSR count). The van der Waals surface area contributed by atoms with Crippen LogP contribution in [0.4, 0.5) is 5.69 Å². The van der Waals surface area contributed by atoms with Crippen molar-refractivity contribution in [1.82, 2.24) is 5.43 Å². The Morgan fingerprint density at radius 1 is 0.920 bits per heavy atom. The van der Waals surface area contributed by atoms with Crippen molar-refractivity contribution in [1.29, 1.82) is 0 Å². The maximum Gasteiger partial charge on any atom is 0.212 e. The van der Waals surface area contributed by atoms with Gasteiger partial charge in [-0.2, -0.15) is 4.57 Å². The molecule has 0 aliphatic heterocycles. The summed E-state index contributed by atoms with van der Waals surface area (Å²) in [7, 11) is 0. The van der Waals surface area contributed by atoms with E-state index in [9.17, 15) is 0 Å². The summed E-state index contributed by atoms with van der Waals surface area (Å²) in [6.07, 6.45) is 1.05. The number of hydrogen-bond donors (Lipinski definition) is 2. The Bertz CT molecular complexity index is 815. The molecule has 0 spiro atoms. The number of aryl methyl sites for hydroxylation is 3. The van der Waals surface area contributed by atoms with E-state index in [0.717, 1.165) is 18.7 Å². The molecule has 132 valence electrons. The molecule has 0 radical (unpaired) electrons. The van der Waals surface area contributed by atoms with Crippen LogP contribution in [-0.4, -0.2) is 6.04 Å². The molecule has 2 N–H and O–H groups in total. The number of para-hydroxylation sites is 1. The number of pyridine rings is 1. The quantitative estimate of drug-likeness (QED) is 0.337. The highest BCUT2D eigenvalue weighted by Crippen LogP contribution is 2.11. The third-order valence-corrected chi connectivity index (χ3v) is 4.46. The maximum absolute atomic E-state index is 3.39. The van der Waals surface area contributed by atoms with Gasteiger partial charge in [-0.15, -0.1) is 0 Å². The third kappa shape index (κ3) is 5.16. The van der Waals surface area contributed by atoms with Crippen LogP contribution in [0.15, 0.2) is 60.7 Å². The fourth-order valence-electron chi connectivity index (χ4n) is 2.90. The number of benzene rings is 2. The Labute approximate surface area is 167 Å². The Hall–Kier alpha value is -1.66. The molecule has 0 saturated heterocycles. The molecular weight excluding hydrogens is 421 g/mol. The normalized spacial score (nSPS) is 11.8. The Balaban J connectivity index is 0.00000225. The molecule has 0 aliphatic carbocycles. The van der Waals surface area contributed by atoms with Crippen molar-refractivity contribution in [2.45, 2.75) is 39.8 Å². The summed E-state index contributed by atoms with van der Waals surface area (Å²) in [4.78, 5) is 0. The summed E-state index contributed by atoms with van der Waals surface area (Å²) in [6.45, 7) is 7.48. The van der Waals surface area contributed by atoms with E-state index in [4.69, 9.17) is 0 Å². The lowest BCUT2D eigenvalue weighted by Crippen LogP contribution is -3.00. The Morgan fingerprint density at radius 2 is 1.64 bits per heavy atom. The summed E-state index contributed by atoms with van der Waals surface area (Å²) < 4.78 is 2.40. The molecule has 0 bridgehead atoms. The van der Waals surface area contributed by atoms with Crippen LogP contribution in [0, 0.1) is 13.8 Å². The smallest absolute Gasteiger partial charge is 0.212 e. The molecule has 0 aliphatic rings. The van der Waals surface area contributed by atoms with E-state index in [2.05, 4.69) is 96.9 Å². The monoisotopic (exact) mass is 447 g/mol. The minimum atomic E-state index is 0. The number of nitrogens with one attached hydrogen (secondary N) is 2. The van der Waals surface area contributed by atoms with E-state index in [1.54, 1.807) is 0 Å². The Morgan fingerprint density at radius 3 is 2.40 bits per heavy atom. The van der Waals surface area contributed by atoms with Gasteiger partial charge in [0, 0.05) is 42.6 Å². The fourth-order valence-corrected chi connectivity index (χ4v) is 2.90. The predicted molar refractivity (Wildman–Crippen MR) is 101 cm³/mol. The van der Waals surface area contributed by atoms with Crippen molar-refractivity contribution in [2.24, 2.45) is 0 Å². The van der Waals surface area contributed by atoms with E-state index < -0.39 is 0 Å². The lowest BCUT2D eigenvalue weighted by molar-refractivity contribution is -0.678. The van der Waals surface area contributed by atoms with Gasteiger partial charge in [0.15, 0.2) is 12.2 Å². The first kappa shape index (κ1) is 19.7. The molecule has 3 aromatic rings. The zero-order valence-electron chi connectivity index (χ0n) is 15.1. The topological polar surface area (TPSA) is 27.9 Å². The molecule has 2 aromatic carbocycles. The van der Waals surface area contributed by atoms with Gasteiger partial charge in [0.25, 0.3) is 0 Å². The van der Waals surface area contributed by atoms with Crippen molar-refractivity contribution in [3.8, 4) is 0 Å². The molecule has 0 amide bonds. The average molecular weight is 447 g/mol. The largest absolute Gasteiger partial charge is 1.00 e. The zero-order chi connectivity index (χ0) is 16.9. The number of nitrogens with zero attached hydrogens (tertiary/aromatic N) is 1. The average Bonchev–Trinajstić information content (AvgIpc) is 2.60. The van der Waals surface area contributed by atoms with E-state index in [0.29, 0.717) is 6.04 Å². The minimum Gasteiger partial charge on any atom is -1.00 e. The van der Waals surface area contributed by atoms with Crippen LogP contribution in [0.5, 0.6) is 0 Å². The number of hydrogen-bond acceptors (Lipinski definition) is 2. The van der Waals surface area contributed by atoms with Crippen LogP contribution in [0.25, 0.3) is 10.9 Å². The SMILES string of the molecule is Cc1ccc(NNC(C)CC[n+]2c(C)ccc3ccccc32)cc1.[I-]. The minimum absolute atomic E-state index is 0. The van der Waals surface area contributed by atoms with Crippen molar-refractivity contribution < 1.29 is 28.5 Å². The molecule has 0 fully saturated rings. The summed E-state index contributed by atoms with van der Waals surface area (Å²) >= 11 is 0. The molecule has 0 saturated carbocycles. The highest BCUT2D eigenvalue weighted by molar-refractivity contribution is 5.75. The van der Waals surface area contributed by atoms with Gasteiger partial charge in [0.05, 0.1) is 0 Å². The second kappa shape index (κ2) is 9.15. The van der Waals surface area contributed by atoms with Gasteiger partial charge >= 0.3 is 0 Å². The van der Waals surface area contributed by atoms with Crippen molar-refractivity contribution in [2.75, 3.05) is 5.43 Å². The molecule has 1 aromatic heterocycles. The summed E-state index contributed by atoms with van der Waals surface area (Å²) in [5.41, 5.74) is 11.7. The van der Waals surface area contributed by atoms with Crippen LogP contribution in [0.3, 0.4) is 0 Å². The van der Waals surface area contributed by atoms with Crippen molar-refractivity contribution >= 4 is 16.6 Å². The van der Waals surface area contributed by atoms with E-state index >= 15 is 0 Å². The second-order valence-electron chi connectivity index (χ2n) is 6.51. The predicted octanol–water partition coefficient (Wildman–Crippen LogP) is 1.14. The van der Waals surface area contributed by atoms with Gasteiger partial charge in [0.2, 0.25) is 5.52 Å². The van der Waals surface area contributed by atoms with Crippen LogP contribution in [0.2, 0.25) is 0 Å². The van der Waals surface area contributed by atoms with Crippen LogP contribution >= 0.6 is 0 Å². The number of anilines is 1.